The Morgan fingerprint density at radius 1 is 1.57 bits per heavy atom. The van der Waals surface area contributed by atoms with Crippen LogP contribution in [0.4, 0.5) is 8.78 Å². The molecule has 1 aromatic rings. The summed E-state index contributed by atoms with van der Waals surface area (Å²) < 4.78 is 25.7. The summed E-state index contributed by atoms with van der Waals surface area (Å²) in [7, 11) is 0. The van der Waals surface area contributed by atoms with Crippen molar-refractivity contribution in [3.63, 3.8) is 0 Å². The van der Waals surface area contributed by atoms with Gasteiger partial charge in [-0.2, -0.15) is 0 Å². The first kappa shape index (κ1) is 9.58. The minimum atomic E-state index is -2.32. The molecule has 1 aromatic heterocycles. The van der Waals surface area contributed by atoms with Crippen LogP contribution >= 0.6 is 0 Å². The van der Waals surface area contributed by atoms with Crippen molar-refractivity contribution in [2.45, 2.75) is 38.4 Å². The molecule has 0 unspecified atom stereocenters. The van der Waals surface area contributed by atoms with E-state index in [9.17, 15) is 8.78 Å². The monoisotopic (exact) mass is 201 g/mol. The van der Waals surface area contributed by atoms with Gasteiger partial charge in [-0.1, -0.05) is 0 Å². The second kappa shape index (κ2) is 4.04. The van der Waals surface area contributed by atoms with Crippen molar-refractivity contribution in [1.29, 1.82) is 0 Å². The number of nitrogens with one attached hydrogen (secondary N) is 1. The molecule has 1 heterocycles. The van der Waals surface area contributed by atoms with E-state index in [1.54, 1.807) is 12.4 Å². The van der Waals surface area contributed by atoms with Crippen LogP contribution < -0.4 is 5.32 Å². The van der Waals surface area contributed by atoms with Gasteiger partial charge < -0.3 is 9.88 Å². The minimum absolute atomic E-state index is 0.262. The molecule has 14 heavy (non-hydrogen) atoms. The predicted octanol–water partition coefficient (Wildman–Crippen LogP) is 1.40. The van der Waals surface area contributed by atoms with Crippen LogP contribution in [-0.4, -0.2) is 22.0 Å². The number of rotatable bonds is 5. The van der Waals surface area contributed by atoms with Crippen molar-refractivity contribution in [1.82, 2.24) is 14.9 Å². The van der Waals surface area contributed by atoms with Gasteiger partial charge in [0.2, 0.25) is 0 Å². The van der Waals surface area contributed by atoms with Gasteiger partial charge in [-0.3, -0.25) is 0 Å². The van der Waals surface area contributed by atoms with E-state index < -0.39 is 6.43 Å². The Morgan fingerprint density at radius 3 is 3.00 bits per heavy atom. The fraction of sp³-hybridized carbons (Fsp3) is 0.667. The van der Waals surface area contributed by atoms with E-state index in [2.05, 4.69) is 10.3 Å². The molecule has 1 aliphatic carbocycles. The summed E-state index contributed by atoms with van der Waals surface area (Å²) in [4.78, 5) is 4.04. The molecule has 0 atom stereocenters. The summed E-state index contributed by atoms with van der Waals surface area (Å²) in [5.41, 5.74) is 0. The average molecular weight is 201 g/mol. The molecule has 1 saturated carbocycles. The third-order valence-electron chi connectivity index (χ3n) is 2.26. The molecular formula is C9H13F2N3. The Hall–Kier alpha value is -0.970. The normalized spacial score (nSPS) is 16.5. The van der Waals surface area contributed by atoms with Gasteiger partial charge in [-0.05, 0) is 12.8 Å². The smallest absolute Gasteiger partial charge is 0.256 e. The van der Waals surface area contributed by atoms with E-state index in [0.717, 1.165) is 0 Å². The van der Waals surface area contributed by atoms with Gasteiger partial charge in [0.15, 0.2) is 0 Å². The van der Waals surface area contributed by atoms with Crippen molar-refractivity contribution < 1.29 is 8.78 Å². The number of imidazole rings is 1. The second-order valence-corrected chi connectivity index (χ2v) is 3.54. The highest BCUT2D eigenvalue weighted by Crippen LogP contribution is 2.19. The average Bonchev–Trinajstić information content (AvgIpc) is 2.85. The van der Waals surface area contributed by atoms with Gasteiger partial charge in [0.1, 0.15) is 5.82 Å². The van der Waals surface area contributed by atoms with E-state index >= 15 is 0 Å². The number of hydrogen-bond acceptors (Lipinski definition) is 2. The molecular weight excluding hydrogens is 188 g/mol. The molecule has 0 aliphatic heterocycles. The Kier molecular flexibility index (Phi) is 2.77. The van der Waals surface area contributed by atoms with E-state index in [-0.39, 0.29) is 6.54 Å². The van der Waals surface area contributed by atoms with Crippen LogP contribution in [0.1, 0.15) is 18.7 Å². The maximum absolute atomic E-state index is 12.1. The molecule has 0 radical (unpaired) electrons. The lowest BCUT2D eigenvalue weighted by molar-refractivity contribution is 0.125. The Labute approximate surface area is 81.1 Å². The molecule has 1 fully saturated rings. The summed E-state index contributed by atoms with van der Waals surface area (Å²) in [5.74, 6) is 0.692. The van der Waals surface area contributed by atoms with E-state index in [1.807, 2.05) is 0 Å². The summed E-state index contributed by atoms with van der Waals surface area (Å²) in [5, 5.41) is 3.24. The van der Waals surface area contributed by atoms with E-state index in [1.165, 1.54) is 17.4 Å². The maximum atomic E-state index is 12.1. The topological polar surface area (TPSA) is 29.9 Å². The molecule has 2 rings (SSSR count). The third kappa shape index (κ3) is 2.51. The number of halogens is 2. The molecule has 0 aromatic carbocycles. The third-order valence-corrected chi connectivity index (χ3v) is 2.26. The number of alkyl halides is 2. The van der Waals surface area contributed by atoms with Crippen LogP contribution in [0.5, 0.6) is 0 Å². The van der Waals surface area contributed by atoms with Crippen molar-refractivity contribution in [3.8, 4) is 0 Å². The first-order valence-corrected chi connectivity index (χ1v) is 4.77. The van der Waals surface area contributed by atoms with Gasteiger partial charge in [0.05, 0.1) is 13.1 Å². The predicted molar refractivity (Wildman–Crippen MR) is 48.1 cm³/mol. The minimum Gasteiger partial charge on any atom is -0.328 e. The van der Waals surface area contributed by atoms with Crippen LogP contribution in [0.15, 0.2) is 12.4 Å². The Morgan fingerprint density at radius 2 is 2.36 bits per heavy atom. The lowest BCUT2D eigenvalue weighted by Crippen LogP contribution is -2.20. The quantitative estimate of drug-likeness (QED) is 0.780. The lowest BCUT2D eigenvalue weighted by atomic mass is 10.5. The van der Waals surface area contributed by atoms with E-state index in [0.29, 0.717) is 18.4 Å². The number of aromatic nitrogens is 2. The number of hydrogen-bond donors (Lipinski definition) is 1. The van der Waals surface area contributed by atoms with Crippen LogP contribution in [0, 0.1) is 0 Å². The first-order chi connectivity index (χ1) is 6.75. The first-order valence-electron chi connectivity index (χ1n) is 4.77. The molecule has 3 nitrogen and oxygen atoms in total. The van der Waals surface area contributed by atoms with Gasteiger partial charge in [-0.25, -0.2) is 13.8 Å². The van der Waals surface area contributed by atoms with Crippen molar-refractivity contribution >= 4 is 0 Å². The van der Waals surface area contributed by atoms with Crippen molar-refractivity contribution in [2.75, 3.05) is 0 Å². The summed E-state index contributed by atoms with van der Waals surface area (Å²) in [6, 6.07) is 0.576. The summed E-state index contributed by atoms with van der Waals surface area (Å²) >= 11 is 0. The summed E-state index contributed by atoms with van der Waals surface area (Å²) in [6.45, 7) is 0.325. The van der Waals surface area contributed by atoms with Crippen LogP contribution in [0.2, 0.25) is 0 Å². The lowest BCUT2D eigenvalue weighted by Gasteiger charge is -2.07. The molecule has 78 valence electrons. The highest BCUT2D eigenvalue weighted by molar-refractivity contribution is 4.94. The second-order valence-electron chi connectivity index (χ2n) is 3.54. The van der Waals surface area contributed by atoms with Gasteiger partial charge in [0.25, 0.3) is 6.43 Å². The van der Waals surface area contributed by atoms with Gasteiger partial charge >= 0.3 is 0 Å². The number of nitrogens with zero attached hydrogens (tertiary/aromatic N) is 2. The molecule has 1 aliphatic rings. The van der Waals surface area contributed by atoms with Crippen molar-refractivity contribution in [2.24, 2.45) is 0 Å². The standard InChI is InChI=1S/C9H13F2N3/c10-8(11)6-14-4-3-12-9(14)5-13-7-1-2-7/h3-4,7-8,13H,1-2,5-6H2. The van der Waals surface area contributed by atoms with Crippen LogP contribution in [0.25, 0.3) is 0 Å². The SMILES string of the molecule is FC(F)Cn1ccnc1CNC1CC1. The summed E-state index contributed by atoms with van der Waals surface area (Å²) in [6.07, 6.45) is 3.22. The fourth-order valence-corrected chi connectivity index (χ4v) is 1.35. The Balaban J connectivity index is 1.90. The van der Waals surface area contributed by atoms with Crippen LogP contribution in [0.3, 0.4) is 0 Å². The van der Waals surface area contributed by atoms with Crippen molar-refractivity contribution in [3.05, 3.63) is 18.2 Å². The Bertz CT molecular complexity index is 294. The van der Waals surface area contributed by atoms with Gasteiger partial charge in [0, 0.05) is 18.4 Å². The molecule has 0 amide bonds. The zero-order valence-corrected chi connectivity index (χ0v) is 7.79. The van der Waals surface area contributed by atoms with Crippen LogP contribution in [-0.2, 0) is 13.1 Å². The van der Waals surface area contributed by atoms with Gasteiger partial charge in [-0.15, -0.1) is 0 Å². The maximum Gasteiger partial charge on any atom is 0.256 e. The highest BCUT2D eigenvalue weighted by atomic mass is 19.3. The fourth-order valence-electron chi connectivity index (χ4n) is 1.35. The zero-order chi connectivity index (χ0) is 9.97. The molecule has 0 spiro atoms. The zero-order valence-electron chi connectivity index (χ0n) is 7.79. The highest BCUT2D eigenvalue weighted by Gasteiger charge is 2.21. The molecule has 0 bridgehead atoms. The van der Waals surface area contributed by atoms with E-state index in [4.69, 9.17) is 0 Å². The molecule has 1 N–H and O–H groups in total. The molecule has 0 saturated heterocycles. The largest absolute Gasteiger partial charge is 0.328 e. The molecule has 5 heteroatoms.